The molecule has 0 amide bonds. The first kappa shape index (κ1) is 12.3. The zero-order valence-electron chi connectivity index (χ0n) is 12.1. The highest BCUT2D eigenvalue weighted by molar-refractivity contribution is 5.77. The molecule has 0 radical (unpaired) electrons. The lowest BCUT2D eigenvalue weighted by Gasteiger charge is -2.36. The first-order valence-electron chi connectivity index (χ1n) is 7.98. The average molecular weight is 269 g/mol. The number of benzene rings is 1. The Kier molecular flexibility index (Phi) is 3.15. The van der Waals surface area contributed by atoms with Crippen molar-refractivity contribution in [2.75, 3.05) is 29.9 Å². The van der Waals surface area contributed by atoms with Gasteiger partial charge in [-0.05, 0) is 62.9 Å². The number of anilines is 2. The molecule has 0 unspecified atom stereocenters. The number of allylic oxidation sites excluding steroid dienone is 1. The van der Waals surface area contributed by atoms with Gasteiger partial charge in [0.2, 0.25) is 0 Å². The number of likely N-dealkylation sites (tertiary alicyclic amines) is 1. The van der Waals surface area contributed by atoms with Crippen LogP contribution in [0.5, 0.6) is 0 Å². The largest absolute Gasteiger partial charge is 0.358 e. The molecule has 0 spiro atoms. The number of nitrogens with one attached hydrogen (secondary N) is 1. The van der Waals surface area contributed by atoms with Crippen LogP contribution in [-0.4, -0.2) is 24.5 Å². The molecule has 2 fully saturated rings. The van der Waals surface area contributed by atoms with Gasteiger partial charge in [-0.15, -0.1) is 0 Å². The minimum absolute atomic E-state index is 1.10. The van der Waals surface area contributed by atoms with Gasteiger partial charge in [0.1, 0.15) is 0 Å². The third-order valence-corrected chi connectivity index (χ3v) is 4.76. The van der Waals surface area contributed by atoms with E-state index in [4.69, 9.17) is 0 Å². The van der Waals surface area contributed by atoms with E-state index in [1.165, 1.54) is 74.4 Å². The maximum absolute atomic E-state index is 3.50. The van der Waals surface area contributed by atoms with Crippen molar-refractivity contribution < 1.29 is 0 Å². The summed E-state index contributed by atoms with van der Waals surface area (Å²) in [5.41, 5.74) is 5.54. The van der Waals surface area contributed by atoms with E-state index < -0.39 is 0 Å². The van der Waals surface area contributed by atoms with Crippen LogP contribution in [0, 0.1) is 0 Å². The number of nitrogens with zero attached hydrogens (tertiary/aromatic N) is 2. The standard InChI is InChI=1S/C17H23N3/c1-2-10-20-15(5-1)12-18-16-11-14(6-7-17(16)20)13-19-8-3-4-9-19/h6-7,11-12,18H,1-5,8-10,13H2. The van der Waals surface area contributed by atoms with Crippen LogP contribution in [0.15, 0.2) is 30.1 Å². The molecule has 0 bridgehead atoms. The molecule has 4 rings (SSSR count). The van der Waals surface area contributed by atoms with Crippen LogP contribution >= 0.6 is 0 Å². The van der Waals surface area contributed by atoms with Crippen LogP contribution in [0.3, 0.4) is 0 Å². The highest BCUT2D eigenvalue weighted by Crippen LogP contribution is 2.37. The summed E-state index contributed by atoms with van der Waals surface area (Å²) >= 11 is 0. The summed E-state index contributed by atoms with van der Waals surface area (Å²) in [5, 5.41) is 3.50. The second-order valence-electron chi connectivity index (χ2n) is 6.22. The van der Waals surface area contributed by atoms with E-state index in [1.807, 2.05) is 0 Å². The summed E-state index contributed by atoms with van der Waals surface area (Å²) < 4.78 is 0. The zero-order chi connectivity index (χ0) is 13.4. The molecule has 20 heavy (non-hydrogen) atoms. The Morgan fingerprint density at radius 3 is 2.75 bits per heavy atom. The smallest absolute Gasteiger partial charge is 0.0648 e. The summed E-state index contributed by atoms with van der Waals surface area (Å²) in [6.45, 7) is 4.80. The molecular formula is C17H23N3. The minimum atomic E-state index is 1.10. The first-order chi connectivity index (χ1) is 9.90. The fraction of sp³-hybridized carbons (Fsp3) is 0.529. The molecule has 0 atom stereocenters. The highest BCUT2D eigenvalue weighted by atomic mass is 15.2. The van der Waals surface area contributed by atoms with E-state index >= 15 is 0 Å². The van der Waals surface area contributed by atoms with Gasteiger partial charge in [0.25, 0.3) is 0 Å². The Hall–Kier alpha value is -1.48. The number of hydrogen-bond acceptors (Lipinski definition) is 3. The minimum Gasteiger partial charge on any atom is -0.358 e. The SMILES string of the molecule is C1=C2CCCCN2c2ccc(CN3CCCC3)cc2N1. The lowest BCUT2D eigenvalue weighted by Crippen LogP contribution is -2.31. The van der Waals surface area contributed by atoms with Gasteiger partial charge in [0, 0.05) is 25.0 Å². The van der Waals surface area contributed by atoms with E-state index in [-0.39, 0.29) is 0 Å². The van der Waals surface area contributed by atoms with Crippen molar-refractivity contribution >= 4 is 11.4 Å². The monoisotopic (exact) mass is 269 g/mol. The van der Waals surface area contributed by atoms with Gasteiger partial charge in [-0.25, -0.2) is 0 Å². The van der Waals surface area contributed by atoms with Crippen LogP contribution in [0.25, 0.3) is 0 Å². The predicted molar refractivity (Wildman–Crippen MR) is 83.9 cm³/mol. The maximum Gasteiger partial charge on any atom is 0.0648 e. The first-order valence-corrected chi connectivity index (χ1v) is 7.98. The van der Waals surface area contributed by atoms with Crippen molar-refractivity contribution in [3.63, 3.8) is 0 Å². The highest BCUT2D eigenvalue weighted by Gasteiger charge is 2.22. The lowest BCUT2D eigenvalue weighted by atomic mass is 10.0. The van der Waals surface area contributed by atoms with Crippen LogP contribution in [0.2, 0.25) is 0 Å². The van der Waals surface area contributed by atoms with Crippen molar-refractivity contribution in [1.29, 1.82) is 0 Å². The van der Waals surface area contributed by atoms with Crippen LogP contribution in [-0.2, 0) is 6.54 Å². The molecule has 3 heteroatoms. The quantitative estimate of drug-likeness (QED) is 0.886. The molecule has 3 heterocycles. The fourth-order valence-electron chi connectivity index (χ4n) is 3.67. The van der Waals surface area contributed by atoms with E-state index in [1.54, 1.807) is 0 Å². The topological polar surface area (TPSA) is 18.5 Å². The summed E-state index contributed by atoms with van der Waals surface area (Å²) in [5.74, 6) is 0. The molecular weight excluding hydrogens is 246 g/mol. The van der Waals surface area contributed by atoms with E-state index in [0.29, 0.717) is 0 Å². The number of hydrogen-bond donors (Lipinski definition) is 1. The van der Waals surface area contributed by atoms with Crippen molar-refractivity contribution in [3.05, 3.63) is 35.7 Å². The molecule has 0 aromatic heterocycles. The second kappa shape index (κ2) is 5.13. The number of fused-ring (bicyclic) bond motifs is 3. The molecule has 3 nitrogen and oxygen atoms in total. The van der Waals surface area contributed by atoms with Crippen LogP contribution in [0.1, 0.15) is 37.7 Å². The summed E-state index contributed by atoms with van der Waals surface area (Å²) in [6, 6.07) is 6.97. The molecule has 2 saturated heterocycles. The van der Waals surface area contributed by atoms with Gasteiger partial charge in [-0.1, -0.05) is 6.07 Å². The third kappa shape index (κ3) is 2.20. The van der Waals surface area contributed by atoms with Crippen LogP contribution < -0.4 is 10.2 Å². The zero-order valence-corrected chi connectivity index (χ0v) is 12.1. The van der Waals surface area contributed by atoms with Gasteiger partial charge >= 0.3 is 0 Å². The van der Waals surface area contributed by atoms with Gasteiger partial charge in [0.05, 0.1) is 11.4 Å². The van der Waals surface area contributed by atoms with Crippen molar-refractivity contribution in [2.45, 2.75) is 38.6 Å². The van der Waals surface area contributed by atoms with Crippen molar-refractivity contribution in [3.8, 4) is 0 Å². The van der Waals surface area contributed by atoms with Crippen molar-refractivity contribution in [1.82, 2.24) is 4.90 Å². The number of rotatable bonds is 2. The molecule has 0 aliphatic carbocycles. The number of piperidine rings is 1. The molecule has 1 N–H and O–H groups in total. The molecule has 106 valence electrons. The van der Waals surface area contributed by atoms with Gasteiger partial charge in [-0.2, -0.15) is 0 Å². The predicted octanol–water partition coefficient (Wildman–Crippen LogP) is 3.54. The Labute approximate surface area is 121 Å². The summed E-state index contributed by atoms with van der Waals surface area (Å²) in [6.07, 6.45) is 8.79. The molecule has 3 aliphatic heterocycles. The Bertz CT molecular complexity index is 529. The molecule has 1 aromatic carbocycles. The fourth-order valence-corrected chi connectivity index (χ4v) is 3.67. The summed E-state index contributed by atoms with van der Waals surface area (Å²) in [7, 11) is 0. The summed E-state index contributed by atoms with van der Waals surface area (Å²) in [4.78, 5) is 5.06. The lowest BCUT2D eigenvalue weighted by molar-refractivity contribution is 0.331. The van der Waals surface area contributed by atoms with E-state index in [9.17, 15) is 0 Å². The van der Waals surface area contributed by atoms with Crippen molar-refractivity contribution in [2.24, 2.45) is 0 Å². The Morgan fingerprint density at radius 2 is 1.85 bits per heavy atom. The van der Waals surface area contributed by atoms with Crippen LogP contribution in [0.4, 0.5) is 11.4 Å². The van der Waals surface area contributed by atoms with E-state index in [0.717, 1.165) is 6.54 Å². The third-order valence-electron chi connectivity index (χ3n) is 4.76. The molecule has 1 aromatic rings. The van der Waals surface area contributed by atoms with Gasteiger partial charge in [0.15, 0.2) is 0 Å². The maximum atomic E-state index is 3.50. The normalized spacial score (nSPS) is 22.0. The molecule has 0 saturated carbocycles. The van der Waals surface area contributed by atoms with Gasteiger partial charge < -0.3 is 10.2 Å². The second-order valence-corrected chi connectivity index (χ2v) is 6.22. The Morgan fingerprint density at radius 1 is 1.00 bits per heavy atom. The van der Waals surface area contributed by atoms with E-state index in [2.05, 4.69) is 39.5 Å². The average Bonchev–Trinajstić information content (AvgIpc) is 3.00. The molecule has 3 aliphatic rings. The Balaban J connectivity index is 1.57. The van der Waals surface area contributed by atoms with Gasteiger partial charge in [-0.3, -0.25) is 4.90 Å².